The van der Waals surface area contributed by atoms with Crippen LogP contribution in [0.4, 0.5) is 0 Å². The molecule has 0 bridgehead atoms. The first kappa shape index (κ1) is 11.3. The maximum absolute atomic E-state index is 11.8. The van der Waals surface area contributed by atoms with E-state index in [-0.39, 0.29) is 22.6 Å². The van der Waals surface area contributed by atoms with Crippen LogP contribution in [0.5, 0.6) is 5.75 Å². The Balaban J connectivity index is 2.05. The van der Waals surface area contributed by atoms with Crippen LogP contribution in [0.3, 0.4) is 0 Å². The first-order valence-electron chi connectivity index (χ1n) is 5.27. The largest absolute Gasteiger partial charge is 0.507 e. The van der Waals surface area contributed by atoms with Crippen molar-refractivity contribution in [1.29, 1.82) is 0 Å². The fraction of sp³-hybridized carbons (Fsp3) is 0.417. The zero-order chi connectivity index (χ0) is 11.8. The molecule has 0 aliphatic heterocycles. The van der Waals surface area contributed by atoms with Crippen molar-refractivity contribution >= 4 is 17.5 Å². The van der Waals surface area contributed by atoms with Gasteiger partial charge in [-0.1, -0.05) is 18.5 Å². The van der Waals surface area contributed by atoms with Crippen LogP contribution in [0.15, 0.2) is 18.2 Å². The Morgan fingerprint density at radius 3 is 2.88 bits per heavy atom. The van der Waals surface area contributed by atoms with E-state index in [0.29, 0.717) is 11.6 Å². The van der Waals surface area contributed by atoms with E-state index in [1.165, 1.54) is 12.1 Å². The topological polar surface area (TPSA) is 49.3 Å². The zero-order valence-electron chi connectivity index (χ0n) is 9.09. The van der Waals surface area contributed by atoms with Crippen LogP contribution in [-0.2, 0) is 0 Å². The van der Waals surface area contributed by atoms with Crippen molar-refractivity contribution < 1.29 is 9.90 Å². The average molecular weight is 240 g/mol. The smallest absolute Gasteiger partial charge is 0.255 e. The molecule has 0 atom stereocenters. The van der Waals surface area contributed by atoms with Gasteiger partial charge in [-0.25, -0.2) is 0 Å². The van der Waals surface area contributed by atoms with Crippen LogP contribution >= 0.6 is 11.6 Å². The molecule has 1 fully saturated rings. The lowest BCUT2D eigenvalue weighted by atomic mass is 10.1. The highest BCUT2D eigenvalue weighted by atomic mass is 35.5. The summed E-state index contributed by atoms with van der Waals surface area (Å²) in [5.41, 5.74) is 0.487. The van der Waals surface area contributed by atoms with Gasteiger partial charge < -0.3 is 10.4 Å². The molecule has 16 heavy (non-hydrogen) atoms. The number of aromatic hydroxyl groups is 1. The van der Waals surface area contributed by atoms with Gasteiger partial charge in [0.15, 0.2) is 0 Å². The Morgan fingerprint density at radius 1 is 1.56 bits per heavy atom. The average Bonchev–Trinajstić information content (AvgIpc) is 2.97. The predicted molar refractivity (Wildman–Crippen MR) is 62.8 cm³/mol. The van der Waals surface area contributed by atoms with Gasteiger partial charge in [-0.15, -0.1) is 0 Å². The maximum atomic E-state index is 11.8. The molecule has 1 saturated carbocycles. The number of phenolic OH excluding ortho intramolecular Hbond substituents is 1. The monoisotopic (exact) mass is 239 g/mol. The van der Waals surface area contributed by atoms with Crippen molar-refractivity contribution in [2.24, 2.45) is 5.41 Å². The summed E-state index contributed by atoms with van der Waals surface area (Å²) in [5, 5.41) is 12.8. The molecule has 2 rings (SSSR count). The number of amides is 1. The van der Waals surface area contributed by atoms with E-state index in [1.807, 2.05) is 0 Å². The molecule has 86 valence electrons. The Hall–Kier alpha value is -1.22. The summed E-state index contributed by atoms with van der Waals surface area (Å²) in [6.45, 7) is 2.78. The molecular formula is C12H14ClNO2. The fourth-order valence-electron chi connectivity index (χ4n) is 1.47. The molecule has 3 nitrogen and oxygen atoms in total. The molecule has 1 aliphatic rings. The van der Waals surface area contributed by atoms with E-state index in [0.717, 1.165) is 12.8 Å². The van der Waals surface area contributed by atoms with Gasteiger partial charge in [-0.3, -0.25) is 4.79 Å². The van der Waals surface area contributed by atoms with Gasteiger partial charge in [0.05, 0.1) is 5.56 Å². The number of phenols is 1. The van der Waals surface area contributed by atoms with Crippen molar-refractivity contribution in [2.45, 2.75) is 19.8 Å². The summed E-state index contributed by atoms with van der Waals surface area (Å²) in [6.07, 6.45) is 2.30. The van der Waals surface area contributed by atoms with E-state index in [1.54, 1.807) is 6.07 Å². The second-order valence-corrected chi connectivity index (χ2v) is 5.09. The Bertz CT molecular complexity index is 427. The van der Waals surface area contributed by atoms with Crippen molar-refractivity contribution in [3.8, 4) is 5.75 Å². The number of carbonyl (C=O) groups excluding carboxylic acids is 1. The van der Waals surface area contributed by atoms with E-state index in [2.05, 4.69) is 12.2 Å². The number of nitrogens with one attached hydrogen (secondary N) is 1. The summed E-state index contributed by atoms with van der Waals surface area (Å²) < 4.78 is 0. The number of hydrogen-bond donors (Lipinski definition) is 2. The van der Waals surface area contributed by atoms with Gasteiger partial charge in [0, 0.05) is 11.6 Å². The third-order valence-electron chi connectivity index (χ3n) is 2.98. The molecule has 1 aromatic carbocycles. The minimum Gasteiger partial charge on any atom is -0.507 e. The molecule has 0 aromatic heterocycles. The number of carbonyl (C=O) groups is 1. The summed E-state index contributed by atoms with van der Waals surface area (Å²) >= 11 is 5.77. The molecule has 4 heteroatoms. The molecule has 1 amide bonds. The number of benzene rings is 1. The zero-order valence-corrected chi connectivity index (χ0v) is 9.84. The van der Waals surface area contributed by atoms with Crippen LogP contribution in [-0.4, -0.2) is 17.6 Å². The highest BCUT2D eigenvalue weighted by molar-refractivity contribution is 6.31. The van der Waals surface area contributed by atoms with Crippen molar-refractivity contribution in [3.63, 3.8) is 0 Å². The van der Waals surface area contributed by atoms with Gasteiger partial charge in [-0.2, -0.15) is 0 Å². The Morgan fingerprint density at radius 2 is 2.25 bits per heavy atom. The number of rotatable bonds is 3. The first-order valence-corrected chi connectivity index (χ1v) is 5.65. The summed E-state index contributed by atoms with van der Waals surface area (Å²) in [5.74, 6) is -0.309. The fourth-order valence-corrected chi connectivity index (χ4v) is 1.64. The minimum atomic E-state index is -0.270. The lowest BCUT2D eigenvalue weighted by molar-refractivity contribution is 0.0943. The van der Waals surface area contributed by atoms with E-state index >= 15 is 0 Å². The standard InChI is InChI=1S/C12H14ClNO2/c1-12(4-5-12)7-14-11(16)9-6-8(13)2-3-10(9)15/h2-3,6,15H,4-5,7H2,1H3,(H,14,16). The third kappa shape index (κ3) is 2.47. The maximum Gasteiger partial charge on any atom is 0.255 e. The molecule has 0 saturated heterocycles. The van der Waals surface area contributed by atoms with E-state index in [9.17, 15) is 9.90 Å². The molecule has 2 N–H and O–H groups in total. The second-order valence-electron chi connectivity index (χ2n) is 4.65. The van der Waals surface area contributed by atoms with Gasteiger partial charge in [0.25, 0.3) is 5.91 Å². The molecule has 0 unspecified atom stereocenters. The Labute approximate surface area is 99.4 Å². The molecule has 0 radical (unpaired) electrons. The normalized spacial score (nSPS) is 16.9. The summed E-state index contributed by atoms with van der Waals surface area (Å²) in [4.78, 5) is 11.8. The van der Waals surface area contributed by atoms with Crippen molar-refractivity contribution in [1.82, 2.24) is 5.32 Å². The quantitative estimate of drug-likeness (QED) is 0.852. The molecule has 0 spiro atoms. The highest BCUT2D eigenvalue weighted by Gasteiger charge is 2.37. The molecule has 1 aromatic rings. The van der Waals surface area contributed by atoms with Crippen LogP contribution < -0.4 is 5.32 Å². The second kappa shape index (κ2) is 3.98. The lowest BCUT2D eigenvalue weighted by Gasteiger charge is -2.11. The van der Waals surface area contributed by atoms with Gasteiger partial charge in [-0.05, 0) is 36.5 Å². The number of hydrogen-bond acceptors (Lipinski definition) is 2. The van der Waals surface area contributed by atoms with Crippen LogP contribution in [0.2, 0.25) is 5.02 Å². The lowest BCUT2D eigenvalue weighted by Crippen LogP contribution is -2.29. The minimum absolute atomic E-state index is 0.0390. The van der Waals surface area contributed by atoms with Gasteiger partial charge >= 0.3 is 0 Å². The third-order valence-corrected chi connectivity index (χ3v) is 3.22. The number of halogens is 1. The van der Waals surface area contributed by atoms with Gasteiger partial charge in [0.1, 0.15) is 5.75 Å². The van der Waals surface area contributed by atoms with E-state index in [4.69, 9.17) is 11.6 Å². The van der Waals surface area contributed by atoms with Crippen LogP contribution in [0, 0.1) is 5.41 Å². The van der Waals surface area contributed by atoms with Gasteiger partial charge in [0.2, 0.25) is 0 Å². The Kier molecular flexibility index (Phi) is 2.80. The molecule has 0 heterocycles. The van der Waals surface area contributed by atoms with Crippen molar-refractivity contribution in [3.05, 3.63) is 28.8 Å². The summed E-state index contributed by atoms with van der Waals surface area (Å²) in [7, 11) is 0. The SMILES string of the molecule is CC1(CNC(=O)c2cc(Cl)ccc2O)CC1. The first-order chi connectivity index (χ1) is 7.50. The van der Waals surface area contributed by atoms with Crippen molar-refractivity contribution in [2.75, 3.05) is 6.54 Å². The highest BCUT2D eigenvalue weighted by Crippen LogP contribution is 2.44. The molecule has 1 aliphatic carbocycles. The summed E-state index contributed by atoms with van der Waals surface area (Å²) in [6, 6.07) is 4.45. The molecular weight excluding hydrogens is 226 g/mol. The van der Waals surface area contributed by atoms with E-state index < -0.39 is 0 Å². The van der Waals surface area contributed by atoms with Crippen LogP contribution in [0.25, 0.3) is 0 Å². The predicted octanol–water partition coefficient (Wildman–Crippen LogP) is 2.58. The van der Waals surface area contributed by atoms with Crippen LogP contribution in [0.1, 0.15) is 30.1 Å².